The first-order valence-corrected chi connectivity index (χ1v) is 6.83. The third-order valence-corrected chi connectivity index (χ3v) is 3.19. The maximum absolute atomic E-state index is 8.81. The van der Waals surface area contributed by atoms with Gasteiger partial charge in [0, 0.05) is 24.4 Å². The molecule has 3 aromatic rings. The predicted octanol–water partition coefficient (Wildman–Crippen LogP) is 1.77. The Balaban J connectivity index is 1.97. The average molecular weight is 283 g/mol. The SMILES string of the molecule is Nc1cccc(-c2cnc3ccc(NCCCO)nn23)c1. The highest BCUT2D eigenvalue weighted by Gasteiger charge is 2.08. The largest absolute Gasteiger partial charge is 0.399 e. The summed E-state index contributed by atoms with van der Waals surface area (Å²) in [7, 11) is 0. The van der Waals surface area contributed by atoms with Crippen LogP contribution in [0.25, 0.3) is 16.9 Å². The highest BCUT2D eigenvalue weighted by Crippen LogP contribution is 2.22. The van der Waals surface area contributed by atoms with E-state index in [2.05, 4.69) is 15.4 Å². The number of nitrogen functional groups attached to an aromatic ring is 1. The number of aromatic nitrogens is 3. The van der Waals surface area contributed by atoms with Gasteiger partial charge in [0.2, 0.25) is 0 Å². The summed E-state index contributed by atoms with van der Waals surface area (Å²) in [6.45, 7) is 0.839. The van der Waals surface area contributed by atoms with E-state index in [1.165, 1.54) is 0 Å². The second-order valence-corrected chi connectivity index (χ2v) is 4.76. The molecule has 0 bridgehead atoms. The summed E-state index contributed by atoms with van der Waals surface area (Å²) in [6.07, 6.45) is 2.47. The maximum Gasteiger partial charge on any atom is 0.154 e. The molecule has 0 fully saturated rings. The number of aliphatic hydroxyl groups is 1. The Morgan fingerprint density at radius 2 is 2.14 bits per heavy atom. The van der Waals surface area contributed by atoms with Crippen LogP contribution in [0, 0.1) is 0 Å². The minimum absolute atomic E-state index is 0.162. The molecule has 0 saturated carbocycles. The fourth-order valence-corrected chi connectivity index (χ4v) is 2.16. The van der Waals surface area contributed by atoms with Crippen molar-refractivity contribution in [3.05, 3.63) is 42.6 Å². The molecule has 0 spiro atoms. The number of aliphatic hydroxyl groups excluding tert-OH is 1. The van der Waals surface area contributed by atoms with Gasteiger partial charge in [0.25, 0.3) is 0 Å². The number of imidazole rings is 1. The second kappa shape index (κ2) is 5.80. The summed E-state index contributed by atoms with van der Waals surface area (Å²) >= 11 is 0. The number of rotatable bonds is 5. The van der Waals surface area contributed by atoms with Gasteiger partial charge in [-0.3, -0.25) is 0 Å². The van der Waals surface area contributed by atoms with Gasteiger partial charge in [-0.1, -0.05) is 12.1 Å². The first-order chi connectivity index (χ1) is 10.3. The molecule has 6 nitrogen and oxygen atoms in total. The monoisotopic (exact) mass is 283 g/mol. The minimum atomic E-state index is 0.162. The fraction of sp³-hybridized carbons (Fsp3) is 0.200. The van der Waals surface area contributed by atoms with E-state index in [-0.39, 0.29) is 6.61 Å². The lowest BCUT2D eigenvalue weighted by Crippen LogP contribution is -2.07. The van der Waals surface area contributed by atoms with Crippen LogP contribution >= 0.6 is 0 Å². The molecule has 3 rings (SSSR count). The van der Waals surface area contributed by atoms with Crippen LogP contribution in [0.1, 0.15) is 6.42 Å². The molecule has 1 aromatic carbocycles. The van der Waals surface area contributed by atoms with Gasteiger partial charge in [0.15, 0.2) is 5.65 Å². The van der Waals surface area contributed by atoms with Gasteiger partial charge >= 0.3 is 0 Å². The van der Waals surface area contributed by atoms with Crippen molar-refractivity contribution >= 4 is 17.2 Å². The number of nitrogens with zero attached hydrogens (tertiary/aromatic N) is 3. The number of hydrogen-bond donors (Lipinski definition) is 3. The summed E-state index contributed by atoms with van der Waals surface area (Å²) in [5.74, 6) is 0.749. The normalized spacial score (nSPS) is 10.9. The molecule has 21 heavy (non-hydrogen) atoms. The van der Waals surface area contributed by atoms with Gasteiger partial charge in [-0.25, -0.2) is 9.50 Å². The van der Waals surface area contributed by atoms with Crippen LogP contribution in [0.4, 0.5) is 11.5 Å². The van der Waals surface area contributed by atoms with E-state index in [4.69, 9.17) is 10.8 Å². The fourth-order valence-electron chi connectivity index (χ4n) is 2.16. The summed E-state index contributed by atoms with van der Waals surface area (Å²) in [5.41, 5.74) is 9.19. The van der Waals surface area contributed by atoms with E-state index in [1.807, 2.05) is 36.4 Å². The lowest BCUT2D eigenvalue weighted by atomic mass is 10.1. The summed E-state index contributed by atoms with van der Waals surface area (Å²) in [4.78, 5) is 4.35. The van der Waals surface area contributed by atoms with Crippen molar-refractivity contribution in [2.24, 2.45) is 0 Å². The van der Waals surface area contributed by atoms with Crippen LogP contribution in [0.3, 0.4) is 0 Å². The highest BCUT2D eigenvalue weighted by molar-refractivity contribution is 5.67. The number of fused-ring (bicyclic) bond motifs is 1. The number of anilines is 2. The second-order valence-electron chi connectivity index (χ2n) is 4.76. The van der Waals surface area contributed by atoms with Crippen molar-refractivity contribution in [3.8, 4) is 11.3 Å². The topological polar surface area (TPSA) is 88.5 Å². The van der Waals surface area contributed by atoms with E-state index < -0.39 is 0 Å². The third-order valence-electron chi connectivity index (χ3n) is 3.19. The van der Waals surface area contributed by atoms with Gasteiger partial charge in [0.1, 0.15) is 5.82 Å². The summed E-state index contributed by atoms with van der Waals surface area (Å²) < 4.78 is 1.79. The zero-order chi connectivity index (χ0) is 14.7. The van der Waals surface area contributed by atoms with Crippen LogP contribution in [0.2, 0.25) is 0 Å². The number of nitrogens with two attached hydrogens (primary N) is 1. The van der Waals surface area contributed by atoms with Crippen LogP contribution < -0.4 is 11.1 Å². The van der Waals surface area contributed by atoms with Gasteiger partial charge in [-0.2, -0.15) is 0 Å². The van der Waals surface area contributed by atoms with Gasteiger partial charge in [-0.15, -0.1) is 5.10 Å². The predicted molar refractivity (Wildman–Crippen MR) is 83.0 cm³/mol. The summed E-state index contributed by atoms with van der Waals surface area (Å²) in [5, 5.41) is 16.5. The number of hydrogen-bond acceptors (Lipinski definition) is 5. The van der Waals surface area contributed by atoms with Gasteiger partial charge in [0.05, 0.1) is 11.9 Å². The van der Waals surface area contributed by atoms with Crippen molar-refractivity contribution < 1.29 is 5.11 Å². The molecule has 0 atom stereocenters. The van der Waals surface area contributed by atoms with Gasteiger partial charge in [-0.05, 0) is 30.7 Å². The summed E-state index contributed by atoms with van der Waals surface area (Å²) in [6, 6.07) is 11.4. The van der Waals surface area contributed by atoms with Crippen molar-refractivity contribution in [1.82, 2.24) is 14.6 Å². The smallest absolute Gasteiger partial charge is 0.154 e. The first kappa shape index (κ1) is 13.4. The van der Waals surface area contributed by atoms with Crippen LogP contribution in [-0.2, 0) is 0 Å². The van der Waals surface area contributed by atoms with Crippen LogP contribution in [0.15, 0.2) is 42.6 Å². The highest BCUT2D eigenvalue weighted by atomic mass is 16.3. The molecule has 6 heteroatoms. The van der Waals surface area contributed by atoms with E-state index >= 15 is 0 Å². The van der Waals surface area contributed by atoms with E-state index in [1.54, 1.807) is 10.7 Å². The Morgan fingerprint density at radius 3 is 2.95 bits per heavy atom. The minimum Gasteiger partial charge on any atom is -0.399 e. The van der Waals surface area contributed by atoms with E-state index in [9.17, 15) is 0 Å². The Labute approximate surface area is 122 Å². The quantitative estimate of drug-likeness (QED) is 0.490. The van der Waals surface area contributed by atoms with Crippen molar-refractivity contribution in [2.75, 3.05) is 24.2 Å². The lowest BCUT2D eigenvalue weighted by molar-refractivity contribution is 0.292. The molecule has 0 aliphatic carbocycles. The molecule has 108 valence electrons. The molecule has 4 N–H and O–H groups in total. The van der Waals surface area contributed by atoms with Crippen LogP contribution in [0.5, 0.6) is 0 Å². The van der Waals surface area contributed by atoms with Crippen molar-refractivity contribution in [2.45, 2.75) is 6.42 Å². The molecule has 2 aromatic heterocycles. The van der Waals surface area contributed by atoms with Crippen molar-refractivity contribution in [1.29, 1.82) is 0 Å². The molecular weight excluding hydrogens is 266 g/mol. The molecule has 2 heterocycles. The number of nitrogens with one attached hydrogen (secondary N) is 1. The zero-order valence-corrected chi connectivity index (χ0v) is 11.5. The maximum atomic E-state index is 8.81. The third kappa shape index (κ3) is 2.80. The van der Waals surface area contributed by atoms with Gasteiger partial charge < -0.3 is 16.2 Å². The Morgan fingerprint density at radius 1 is 1.24 bits per heavy atom. The van der Waals surface area contributed by atoms with Crippen LogP contribution in [-0.4, -0.2) is 32.9 Å². The Hall–Kier alpha value is -2.60. The van der Waals surface area contributed by atoms with Crippen molar-refractivity contribution in [3.63, 3.8) is 0 Å². The molecule has 0 saturated heterocycles. The lowest BCUT2D eigenvalue weighted by Gasteiger charge is -2.06. The Bertz CT molecular complexity index is 753. The first-order valence-electron chi connectivity index (χ1n) is 6.83. The zero-order valence-electron chi connectivity index (χ0n) is 11.5. The Kier molecular flexibility index (Phi) is 3.70. The molecule has 0 radical (unpaired) electrons. The molecule has 0 unspecified atom stereocenters. The number of benzene rings is 1. The average Bonchev–Trinajstić information content (AvgIpc) is 2.91. The molecule has 0 aliphatic rings. The molecule has 0 aliphatic heterocycles. The standard InChI is InChI=1S/C15H17N5O/c16-12-4-1-3-11(9-12)13-10-18-15-6-5-14(19-20(13)15)17-7-2-8-21/h1,3-6,9-10,21H,2,7-8,16H2,(H,17,19). The van der Waals surface area contributed by atoms with E-state index in [0.717, 1.165) is 22.7 Å². The molecular formula is C15H17N5O. The molecule has 0 amide bonds. The van der Waals surface area contributed by atoms with E-state index in [0.29, 0.717) is 18.7 Å².